The molecule has 0 unspecified atom stereocenters. The van der Waals surface area contributed by atoms with Crippen LogP contribution < -0.4 is 14.4 Å². The van der Waals surface area contributed by atoms with E-state index in [0.717, 1.165) is 16.1 Å². The van der Waals surface area contributed by atoms with Gasteiger partial charge in [0.1, 0.15) is 5.75 Å². The summed E-state index contributed by atoms with van der Waals surface area (Å²) in [6.07, 6.45) is 1.09. The van der Waals surface area contributed by atoms with Gasteiger partial charge in [-0.05, 0) is 37.3 Å². The van der Waals surface area contributed by atoms with Gasteiger partial charge in [0, 0.05) is 17.1 Å². The van der Waals surface area contributed by atoms with Gasteiger partial charge in [0.2, 0.25) is 10.0 Å². The van der Waals surface area contributed by atoms with Crippen LogP contribution in [-0.4, -0.2) is 40.8 Å². The zero-order valence-electron chi connectivity index (χ0n) is 14.8. The van der Waals surface area contributed by atoms with Crippen LogP contribution in [0.5, 0.6) is 5.75 Å². The molecular formula is C18H21ClN2O4S. The summed E-state index contributed by atoms with van der Waals surface area (Å²) in [5.74, 6) is 0.112. The molecule has 0 atom stereocenters. The number of carbonyl (C=O) groups is 1. The van der Waals surface area contributed by atoms with E-state index < -0.39 is 10.0 Å². The molecule has 0 saturated carbocycles. The third-order valence-electron chi connectivity index (χ3n) is 3.72. The molecule has 0 heterocycles. The molecule has 2 aromatic carbocycles. The number of ether oxygens (including phenoxy) is 1. The van der Waals surface area contributed by atoms with E-state index in [0.29, 0.717) is 22.0 Å². The Morgan fingerprint density at radius 2 is 1.85 bits per heavy atom. The fraction of sp³-hybridized carbons (Fsp3) is 0.278. The molecule has 0 bridgehead atoms. The number of carbonyl (C=O) groups excluding carboxylic acids is 1. The smallest absolute Gasteiger partial charge is 0.251 e. The molecule has 0 spiro atoms. The van der Waals surface area contributed by atoms with Crippen LogP contribution in [0.15, 0.2) is 42.5 Å². The molecule has 0 aromatic heterocycles. The molecule has 8 heteroatoms. The lowest BCUT2D eigenvalue weighted by Gasteiger charge is -2.24. The van der Waals surface area contributed by atoms with Crippen molar-refractivity contribution in [3.05, 3.63) is 58.6 Å². The highest BCUT2D eigenvalue weighted by molar-refractivity contribution is 7.92. The highest BCUT2D eigenvalue weighted by atomic mass is 35.5. The van der Waals surface area contributed by atoms with Gasteiger partial charge in [-0.2, -0.15) is 0 Å². The minimum Gasteiger partial charge on any atom is -0.495 e. The second-order valence-electron chi connectivity index (χ2n) is 5.77. The monoisotopic (exact) mass is 396 g/mol. The first-order valence-corrected chi connectivity index (χ1v) is 10.1. The Labute approximate surface area is 158 Å². The Kier molecular flexibility index (Phi) is 6.50. The normalized spacial score (nSPS) is 11.1. The summed E-state index contributed by atoms with van der Waals surface area (Å²) in [5.41, 5.74) is 1.90. The van der Waals surface area contributed by atoms with Gasteiger partial charge in [-0.15, -0.1) is 0 Å². The first-order valence-electron chi connectivity index (χ1n) is 7.88. The number of aryl methyl sites for hydroxylation is 1. The van der Waals surface area contributed by atoms with Crippen molar-refractivity contribution in [3.63, 3.8) is 0 Å². The highest BCUT2D eigenvalue weighted by Gasteiger charge is 2.21. The number of sulfonamides is 1. The molecule has 0 aliphatic rings. The van der Waals surface area contributed by atoms with Gasteiger partial charge in [-0.1, -0.05) is 29.3 Å². The van der Waals surface area contributed by atoms with Crippen molar-refractivity contribution in [2.75, 3.05) is 30.8 Å². The summed E-state index contributed by atoms with van der Waals surface area (Å²) < 4.78 is 30.8. The van der Waals surface area contributed by atoms with Crippen molar-refractivity contribution < 1.29 is 17.9 Å². The molecule has 0 saturated heterocycles. The van der Waals surface area contributed by atoms with Gasteiger partial charge >= 0.3 is 0 Å². The number of benzene rings is 2. The quantitative estimate of drug-likeness (QED) is 0.780. The van der Waals surface area contributed by atoms with Crippen molar-refractivity contribution in [1.82, 2.24) is 5.32 Å². The third kappa shape index (κ3) is 5.12. The number of rotatable bonds is 7. The van der Waals surface area contributed by atoms with E-state index >= 15 is 0 Å². The van der Waals surface area contributed by atoms with Gasteiger partial charge in [0.15, 0.2) is 0 Å². The molecule has 0 radical (unpaired) electrons. The zero-order valence-corrected chi connectivity index (χ0v) is 16.4. The van der Waals surface area contributed by atoms with Crippen molar-refractivity contribution in [1.29, 1.82) is 0 Å². The van der Waals surface area contributed by atoms with Crippen molar-refractivity contribution >= 4 is 33.2 Å². The minimum atomic E-state index is -3.59. The second kappa shape index (κ2) is 8.42. The Morgan fingerprint density at radius 1 is 1.19 bits per heavy atom. The van der Waals surface area contributed by atoms with E-state index in [2.05, 4.69) is 5.32 Å². The average Bonchev–Trinajstić information content (AvgIpc) is 2.58. The number of amides is 1. The van der Waals surface area contributed by atoms with Gasteiger partial charge in [-0.3, -0.25) is 9.10 Å². The summed E-state index contributed by atoms with van der Waals surface area (Å²) in [4.78, 5) is 12.2. The van der Waals surface area contributed by atoms with Crippen LogP contribution in [0.25, 0.3) is 0 Å². The number of halogens is 1. The summed E-state index contributed by atoms with van der Waals surface area (Å²) in [6.45, 7) is 2.12. The molecule has 6 nitrogen and oxygen atoms in total. The maximum atomic E-state index is 12.2. The molecule has 0 aliphatic carbocycles. The van der Waals surface area contributed by atoms with Crippen molar-refractivity contribution in [2.45, 2.75) is 6.92 Å². The SMILES string of the molecule is COc1ccc(Cl)cc1N(CCNC(=O)c1ccc(C)cc1)S(C)(=O)=O. The van der Waals surface area contributed by atoms with E-state index in [1.54, 1.807) is 24.3 Å². The Hall–Kier alpha value is -2.25. The Balaban J connectivity index is 2.14. The zero-order chi connectivity index (χ0) is 19.3. The van der Waals surface area contributed by atoms with Crippen LogP contribution in [0.2, 0.25) is 5.02 Å². The van der Waals surface area contributed by atoms with Crippen LogP contribution in [0.4, 0.5) is 5.69 Å². The minimum absolute atomic E-state index is 0.0487. The fourth-order valence-corrected chi connectivity index (χ4v) is 3.49. The van der Waals surface area contributed by atoms with Gasteiger partial charge in [0.25, 0.3) is 5.91 Å². The second-order valence-corrected chi connectivity index (χ2v) is 8.12. The number of nitrogens with one attached hydrogen (secondary N) is 1. The highest BCUT2D eigenvalue weighted by Crippen LogP contribution is 2.32. The van der Waals surface area contributed by atoms with E-state index in [9.17, 15) is 13.2 Å². The number of anilines is 1. The van der Waals surface area contributed by atoms with E-state index in [-0.39, 0.29) is 19.0 Å². The third-order valence-corrected chi connectivity index (χ3v) is 5.14. The van der Waals surface area contributed by atoms with Crippen molar-refractivity contribution in [3.8, 4) is 5.75 Å². The predicted molar refractivity (Wildman–Crippen MR) is 104 cm³/mol. The fourth-order valence-electron chi connectivity index (χ4n) is 2.40. The summed E-state index contributed by atoms with van der Waals surface area (Å²) in [6, 6.07) is 11.9. The molecule has 0 fully saturated rings. The molecule has 1 N–H and O–H groups in total. The Bertz CT molecular complexity index is 883. The van der Waals surface area contributed by atoms with Gasteiger partial charge < -0.3 is 10.1 Å². The lowest BCUT2D eigenvalue weighted by Crippen LogP contribution is -2.38. The maximum absolute atomic E-state index is 12.2. The van der Waals surface area contributed by atoms with Crippen LogP contribution >= 0.6 is 11.6 Å². The molecule has 2 aromatic rings. The molecule has 1 amide bonds. The van der Waals surface area contributed by atoms with E-state index in [4.69, 9.17) is 16.3 Å². The van der Waals surface area contributed by atoms with Crippen LogP contribution in [-0.2, 0) is 10.0 Å². The van der Waals surface area contributed by atoms with E-state index in [1.807, 2.05) is 19.1 Å². The lowest BCUT2D eigenvalue weighted by molar-refractivity contribution is 0.0955. The van der Waals surface area contributed by atoms with Crippen molar-refractivity contribution in [2.24, 2.45) is 0 Å². The maximum Gasteiger partial charge on any atom is 0.251 e. The first-order chi connectivity index (χ1) is 12.2. The molecule has 0 aliphatic heterocycles. The molecule has 2 rings (SSSR count). The molecule has 140 valence electrons. The lowest BCUT2D eigenvalue weighted by atomic mass is 10.1. The van der Waals surface area contributed by atoms with Crippen LogP contribution in [0.3, 0.4) is 0 Å². The predicted octanol–water partition coefficient (Wildman–Crippen LogP) is 2.85. The number of hydrogen-bond acceptors (Lipinski definition) is 4. The van der Waals surface area contributed by atoms with Gasteiger partial charge in [0.05, 0.1) is 25.6 Å². The molecular weight excluding hydrogens is 376 g/mol. The number of methoxy groups -OCH3 is 1. The number of nitrogens with zero attached hydrogens (tertiary/aromatic N) is 1. The van der Waals surface area contributed by atoms with Crippen LogP contribution in [0.1, 0.15) is 15.9 Å². The summed E-state index contributed by atoms with van der Waals surface area (Å²) >= 11 is 6.00. The average molecular weight is 397 g/mol. The summed E-state index contributed by atoms with van der Waals surface area (Å²) in [7, 11) is -2.14. The van der Waals surface area contributed by atoms with Gasteiger partial charge in [-0.25, -0.2) is 8.42 Å². The summed E-state index contributed by atoms with van der Waals surface area (Å²) in [5, 5.41) is 3.11. The Morgan fingerprint density at radius 3 is 2.42 bits per heavy atom. The largest absolute Gasteiger partial charge is 0.495 e. The van der Waals surface area contributed by atoms with E-state index in [1.165, 1.54) is 13.2 Å². The molecule has 26 heavy (non-hydrogen) atoms. The number of hydrogen-bond donors (Lipinski definition) is 1. The van der Waals surface area contributed by atoms with Crippen LogP contribution in [0, 0.1) is 6.92 Å². The topological polar surface area (TPSA) is 75.7 Å². The first kappa shape index (κ1) is 20.1. The standard InChI is InChI=1S/C18H21ClN2O4S/c1-13-4-6-14(7-5-13)18(22)20-10-11-21(26(3,23)24)16-12-15(19)8-9-17(16)25-2/h4-9,12H,10-11H2,1-3H3,(H,20,22).